The number of aromatic nitrogens is 1. The quantitative estimate of drug-likeness (QED) is 0.904. The van der Waals surface area contributed by atoms with E-state index in [1.807, 2.05) is 26.2 Å². The summed E-state index contributed by atoms with van der Waals surface area (Å²) in [6, 6.07) is 11.7. The van der Waals surface area contributed by atoms with E-state index in [2.05, 4.69) is 27.3 Å². The molecule has 0 fully saturated rings. The minimum absolute atomic E-state index is 0.0789. The van der Waals surface area contributed by atoms with Gasteiger partial charge in [-0.1, -0.05) is 24.3 Å². The van der Waals surface area contributed by atoms with Crippen molar-refractivity contribution in [1.82, 2.24) is 15.2 Å². The highest BCUT2D eigenvalue weighted by Crippen LogP contribution is 2.06. The predicted molar refractivity (Wildman–Crippen MR) is 79.2 cm³/mol. The van der Waals surface area contributed by atoms with Crippen molar-refractivity contribution in [3.05, 3.63) is 65.5 Å². The molecule has 20 heavy (non-hydrogen) atoms. The maximum Gasteiger partial charge on any atom is 0.251 e. The number of hydrogen-bond donors (Lipinski definition) is 1. The van der Waals surface area contributed by atoms with Crippen molar-refractivity contribution in [3.8, 4) is 0 Å². The summed E-state index contributed by atoms with van der Waals surface area (Å²) < 4.78 is 0. The molecular weight excluding hydrogens is 250 g/mol. The van der Waals surface area contributed by atoms with E-state index in [4.69, 9.17) is 0 Å². The topological polar surface area (TPSA) is 45.2 Å². The van der Waals surface area contributed by atoms with Crippen LogP contribution in [-0.4, -0.2) is 29.9 Å². The Hall–Kier alpha value is -2.20. The van der Waals surface area contributed by atoms with Gasteiger partial charge in [0.15, 0.2) is 0 Å². The third kappa shape index (κ3) is 4.17. The van der Waals surface area contributed by atoms with E-state index in [-0.39, 0.29) is 5.91 Å². The Balaban J connectivity index is 1.89. The maximum atomic E-state index is 11.9. The molecular formula is C16H19N3O. The SMILES string of the molecule is CN(C)Cc1ccc(CNC(=O)c2ccncc2)cc1. The van der Waals surface area contributed by atoms with E-state index in [9.17, 15) is 4.79 Å². The number of amides is 1. The molecule has 0 aliphatic rings. The standard InChI is InChI=1S/C16H19N3O/c1-19(2)12-14-5-3-13(4-6-14)11-18-16(20)15-7-9-17-10-8-15/h3-10H,11-12H2,1-2H3,(H,18,20). The minimum Gasteiger partial charge on any atom is -0.348 e. The Morgan fingerprint density at radius 3 is 2.25 bits per heavy atom. The Bertz CT molecular complexity index is 550. The molecule has 104 valence electrons. The Kier molecular flexibility index (Phi) is 4.85. The van der Waals surface area contributed by atoms with Gasteiger partial charge in [0, 0.05) is 31.0 Å². The molecule has 1 amide bonds. The van der Waals surface area contributed by atoms with Crippen molar-refractivity contribution < 1.29 is 4.79 Å². The van der Waals surface area contributed by atoms with E-state index in [0.717, 1.165) is 12.1 Å². The molecule has 1 aromatic carbocycles. The van der Waals surface area contributed by atoms with Gasteiger partial charge in [0.25, 0.3) is 5.91 Å². The number of nitrogens with one attached hydrogen (secondary N) is 1. The van der Waals surface area contributed by atoms with Crippen molar-refractivity contribution in [2.45, 2.75) is 13.1 Å². The van der Waals surface area contributed by atoms with Crippen LogP contribution < -0.4 is 5.32 Å². The summed E-state index contributed by atoms with van der Waals surface area (Å²) in [7, 11) is 4.09. The molecule has 4 heteroatoms. The molecule has 0 aliphatic carbocycles. The van der Waals surface area contributed by atoms with Crippen LogP contribution in [0.25, 0.3) is 0 Å². The predicted octanol–water partition coefficient (Wildman–Crippen LogP) is 2.07. The minimum atomic E-state index is -0.0789. The summed E-state index contributed by atoms with van der Waals surface area (Å²) in [4.78, 5) is 17.9. The zero-order valence-corrected chi connectivity index (χ0v) is 11.8. The molecule has 0 bridgehead atoms. The molecule has 1 N–H and O–H groups in total. The fourth-order valence-electron chi connectivity index (χ4n) is 1.92. The molecule has 0 aliphatic heterocycles. The van der Waals surface area contributed by atoms with Crippen molar-refractivity contribution in [2.75, 3.05) is 14.1 Å². The molecule has 0 saturated heterocycles. The van der Waals surface area contributed by atoms with Gasteiger partial charge in [0.1, 0.15) is 0 Å². The number of carbonyl (C=O) groups excluding carboxylic acids is 1. The van der Waals surface area contributed by atoms with Gasteiger partial charge in [-0.2, -0.15) is 0 Å². The largest absolute Gasteiger partial charge is 0.348 e. The van der Waals surface area contributed by atoms with Gasteiger partial charge in [0.2, 0.25) is 0 Å². The normalized spacial score (nSPS) is 10.6. The molecule has 1 heterocycles. The molecule has 0 spiro atoms. The van der Waals surface area contributed by atoms with Crippen LogP contribution in [-0.2, 0) is 13.1 Å². The fourth-order valence-corrected chi connectivity index (χ4v) is 1.92. The van der Waals surface area contributed by atoms with Crippen LogP contribution >= 0.6 is 0 Å². The number of nitrogens with zero attached hydrogens (tertiary/aromatic N) is 2. The highest BCUT2D eigenvalue weighted by atomic mass is 16.1. The van der Waals surface area contributed by atoms with Gasteiger partial charge >= 0.3 is 0 Å². The molecule has 2 aromatic rings. The van der Waals surface area contributed by atoms with Gasteiger partial charge < -0.3 is 10.2 Å². The number of hydrogen-bond acceptors (Lipinski definition) is 3. The molecule has 4 nitrogen and oxygen atoms in total. The summed E-state index contributed by atoms with van der Waals surface area (Å²) in [5.41, 5.74) is 2.98. The third-order valence-electron chi connectivity index (χ3n) is 2.92. The second kappa shape index (κ2) is 6.82. The molecule has 0 radical (unpaired) electrons. The molecule has 0 saturated carbocycles. The third-order valence-corrected chi connectivity index (χ3v) is 2.92. The van der Waals surface area contributed by atoms with Crippen LogP contribution in [0.2, 0.25) is 0 Å². The second-order valence-corrected chi connectivity index (χ2v) is 4.97. The molecule has 0 atom stereocenters. The Labute approximate surface area is 119 Å². The maximum absolute atomic E-state index is 11.9. The van der Waals surface area contributed by atoms with E-state index in [1.165, 1.54) is 5.56 Å². The zero-order valence-electron chi connectivity index (χ0n) is 11.8. The highest BCUT2D eigenvalue weighted by molar-refractivity contribution is 5.93. The van der Waals surface area contributed by atoms with Crippen molar-refractivity contribution in [3.63, 3.8) is 0 Å². The summed E-state index contributed by atoms with van der Waals surface area (Å²) in [5.74, 6) is -0.0789. The molecule has 2 rings (SSSR count). The van der Waals surface area contributed by atoms with Crippen molar-refractivity contribution in [2.24, 2.45) is 0 Å². The molecule has 1 aromatic heterocycles. The van der Waals surface area contributed by atoms with Crippen molar-refractivity contribution >= 4 is 5.91 Å². The van der Waals surface area contributed by atoms with E-state index in [0.29, 0.717) is 12.1 Å². The Morgan fingerprint density at radius 2 is 1.65 bits per heavy atom. The van der Waals surface area contributed by atoms with Crippen LogP contribution in [0.5, 0.6) is 0 Å². The van der Waals surface area contributed by atoms with E-state index >= 15 is 0 Å². The van der Waals surface area contributed by atoms with Crippen LogP contribution in [0.4, 0.5) is 0 Å². The highest BCUT2D eigenvalue weighted by Gasteiger charge is 2.04. The first-order chi connectivity index (χ1) is 9.65. The average Bonchev–Trinajstić information content (AvgIpc) is 2.46. The average molecular weight is 269 g/mol. The van der Waals surface area contributed by atoms with Gasteiger partial charge in [0.05, 0.1) is 0 Å². The van der Waals surface area contributed by atoms with Crippen LogP contribution in [0, 0.1) is 0 Å². The summed E-state index contributed by atoms with van der Waals surface area (Å²) in [6.45, 7) is 1.45. The second-order valence-electron chi connectivity index (χ2n) is 4.97. The van der Waals surface area contributed by atoms with Crippen LogP contribution in [0.3, 0.4) is 0 Å². The van der Waals surface area contributed by atoms with Gasteiger partial charge in [-0.25, -0.2) is 0 Å². The van der Waals surface area contributed by atoms with Gasteiger partial charge in [-0.05, 0) is 37.4 Å². The van der Waals surface area contributed by atoms with Gasteiger partial charge in [-0.15, -0.1) is 0 Å². The number of pyridine rings is 1. The lowest BCUT2D eigenvalue weighted by atomic mass is 10.1. The number of benzene rings is 1. The van der Waals surface area contributed by atoms with Crippen molar-refractivity contribution in [1.29, 1.82) is 0 Å². The van der Waals surface area contributed by atoms with E-state index < -0.39 is 0 Å². The first kappa shape index (κ1) is 14.2. The smallest absolute Gasteiger partial charge is 0.251 e. The monoisotopic (exact) mass is 269 g/mol. The molecule has 0 unspecified atom stereocenters. The first-order valence-electron chi connectivity index (χ1n) is 6.56. The summed E-state index contributed by atoms with van der Waals surface area (Å²) in [6.07, 6.45) is 3.23. The lowest BCUT2D eigenvalue weighted by molar-refractivity contribution is 0.0951. The lowest BCUT2D eigenvalue weighted by Gasteiger charge is -2.10. The van der Waals surface area contributed by atoms with Crippen LogP contribution in [0.1, 0.15) is 21.5 Å². The fraction of sp³-hybridized carbons (Fsp3) is 0.250. The zero-order chi connectivity index (χ0) is 14.4. The first-order valence-corrected chi connectivity index (χ1v) is 6.56. The Morgan fingerprint density at radius 1 is 1.05 bits per heavy atom. The number of rotatable bonds is 5. The van der Waals surface area contributed by atoms with E-state index in [1.54, 1.807) is 24.5 Å². The summed E-state index contributed by atoms with van der Waals surface area (Å²) >= 11 is 0. The van der Waals surface area contributed by atoms with Gasteiger partial charge in [-0.3, -0.25) is 9.78 Å². The summed E-state index contributed by atoms with van der Waals surface area (Å²) in [5, 5.41) is 2.90. The van der Waals surface area contributed by atoms with Crippen LogP contribution in [0.15, 0.2) is 48.8 Å². The number of carbonyl (C=O) groups is 1. The lowest BCUT2D eigenvalue weighted by Crippen LogP contribution is -2.22.